The second-order valence-corrected chi connectivity index (χ2v) is 9.48. The van der Waals surface area contributed by atoms with E-state index in [4.69, 9.17) is 0 Å². The molecule has 2 aliphatic heterocycles. The standard InChI is InChI=1S/C29H27F2N3O3/c30-22-8-6-21(7-9-22)28(36)33(25-14-16-32(17-15-25)19-20-4-2-1-3-5-20)26-18-27(35)34(29(26)37)24-12-10-23(31)11-13-24/h1-13,25-26H,14-19H2. The van der Waals surface area contributed by atoms with E-state index in [1.165, 1.54) is 59.0 Å². The minimum atomic E-state index is -0.985. The molecule has 2 fully saturated rings. The zero-order chi connectivity index (χ0) is 25.9. The van der Waals surface area contributed by atoms with Crippen molar-refractivity contribution < 1.29 is 23.2 Å². The number of likely N-dealkylation sites (tertiary alicyclic amines) is 1. The number of carbonyl (C=O) groups is 3. The summed E-state index contributed by atoms with van der Waals surface area (Å²) in [5, 5.41) is 0. The highest BCUT2D eigenvalue weighted by molar-refractivity contribution is 6.23. The van der Waals surface area contributed by atoms with E-state index < -0.39 is 35.4 Å². The predicted octanol–water partition coefficient (Wildman–Crippen LogP) is 4.40. The number of benzene rings is 3. The van der Waals surface area contributed by atoms with Crippen molar-refractivity contribution in [1.82, 2.24) is 9.80 Å². The first-order valence-electron chi connectivity index (χ1n) is 12.4. The van der Waals surface area contributed by atoms with Crippen LogP contribution in [0.1, 0.15) is 35.2 Å². The molecule has 3 amide bonds. The maximum atomic E-state index is 13.7. The van der Waals surface area contributed by atoms with Gasteiger partial charge in [0.1, 0.15) is 17.7 Å². The Kier molecular flexibility index (Phi) is 7.10. The highest BCUT2D eigenvalue weighted by Crippen LogP contribution is 2.31. The van der Waals surface area contributed by atoms with Gasteiger partial charge >= 0.3 is 0 Å². The van der Waals surface area contributed by atoms with Crippen molar-refractivity contribution in [3.05, 3.63) is 102 Å². The van der Waals surface area contributed by atoms with Gasteiger partial charge in [0.25, 0.3) is 11.8 Å². The van der Waals surface area contributed by atoms with Gasteiger partial charge in [-0.1, -0.05) is 30.3 Å². The Balaban J connectivity index is 1.39. The summed E-state index contributed by atoms with van der Waals surface area (Å²) < 4.78 is 27.0. The zero-order valence-electron chi connectivity index (χ0n) is 20.2. The Bertz CT molecular complexity index is 1270. The second kappa shape index (κ2) is 10.6. The molecule has 0 aliphatic carbocycles. The van der Waals surface area contributed by atoms with Crippen molar-refractivity contribution in [2.24, 2.45) is 0 Å². The minimum absolute atomic E-state index is 0.159. The first kappa shape index (κ1) is 24.8. The number of carbonyl (C=O) groups excluding carboxylic acids is 3. The van der Waals surface area contributed by atoms with Crippen LogP contribution in [0.5, 0.6) is 0 Å². The Hall–Kier alpha value is -3.91. The Labute approximate surface area is 214 Å². The number of anilines is 1. The monoisotopic (exact) mass is 503 g/mol. The van der Waals surface area contributed by atoms with Crippen molar-refractivity contribution in [2.75, 3.05) is 18.0 Å². The molecule has 0 aromatic heterocycles. The van der Waals surface area contributed by atoms with Crippen molar-refractivity contribution >= 4 is 23.4 Å². The van der Waals surface area contributed by atoms with Crippen molar-refractivity contribution in [2.45, 2.75) is 37.9 Å². The molecule has 3 aromatic rings. The Morgan fingerprint density at radius 2 is 1.43 bits per heavy atom. The summed E-state index contributed by atoms with van der Waals surface area (Å²) >= 11 is 0. The summed E-state index contributed by atoms with van der Waals surface area (Å²) in [4.78, 5) is 45.0. The molecule has 0 bridgehead atoms. The van der Waals surface area contributed by atoms with Gasteiger partial charge < -0.3 is 4.90 Å². The van der Waals surface area contributed by atoms with E-state index in [1.807, 2.05) is 18.2 Å². The van der Waals surface area contributed by atoms with Crippen LogP contribution in [0.4, 0.5) is 14.5 Å². The summed E-state index contributed by atoms with van der Waals surface area (Å²) in [6, 6.07) is 19.2. The van der Waals surface area contributed by atoms with E-state index in [0.29, 0.717) is 12.8 Å². The zero-order valence-corrected chi connectivity index (χ0v) is 20.2. The average Bonchev–Trinajstić information content (AvgIpc) is 3.20. The largest absolute Gasteiger partial charge is 0.323 e. The van der Waals surface area contributed by atoms with Gasteiger partial charge in [0.05, 0.1) is 12.1 Å². The van der Waals surface area contributed by atoms with Gasteiger partial charge in [-0.05, 0) is 66.9 Å². The summed E-state index contributed by atoms with van der Waals surface area (Å²) in [6.45, 7) is 2.24. The molecule has 1 unspecified atom stereocenters. The lowest BCUT2D eigenvalue weighted by atomic mass is 9.98. The van der Waals surface area contributed by atoms with Gasteiger partial charge in [-0.15, -0.1) is 0 Å². The number of nitrogens with zero attached hydrogens (tertiary/aromatic N) is 3. The fourth-order valence-electron chi connectivity index (χ4n) is 5.20. The summed E-state index contributed by atoms with van der Waals surface area (Å²) in [6.07, 6.45) is 1.11. The van der Waals surface area contributed by atoms with E-state index in [9.17, 15) is 23.2 Å². The fourth-order valence-corrected chi connectivity index (χ4v) is 5.20. The van der Waals surface area contributed by atoms with Gasteiger partial charge in [0.2, 0.25) is 5.91 Å². The maximum absolute atomic E-state index is 13.7. The third-order valence-corrected chi connectivity index (χ3v) is 7.07. The number of halogens is 2. The van der Waals surface area contributed by atoms with E-state index in [2.05, 4.69) is 17.0 Å². The second-order valence-electron chi connectivity index (χ2n) is 9.48. The number of piperidine rings is 1. The molecule has 2 saturated heterocycles. The number of imide groups is 1. The highest BCUT2D eigenvalue weighted by Gasteiger charge is 2.47. The first-order chi connectivity index (χ1) is 17.9. The normalized spacial score (nSPS) is 18.9. The predicted molar refractivity (Wildman–Crippen MR) is 135 cm³/mol. The molecule has 8 heteroatoms. The third kappa shape index (κ3) is 5.29. The number of amides is 3. The van der Waals surface area contributed by atoms with Crippen LogP contribution >= 0.6 is 0 Å². The Morgan fingerprint density at radius 3 is 2.05 bits per heavy atom. The summed E-state index contributed by atoms with van der Waals surface area (Å²) in [5.41, 5.74) is 1.73. The molecular formula is C29H27F2N3O3. The molecule has 2 heterocycles. The number of hydrogen-bond donors (Lipinski definition) is 0. The lowest BCUT2D eigenvalue weighted by molar-refractivity contribution is -0.123. The molecule has 2 aliphatic rings. The van der Waals surface area contributed by atoms with Crippen LogP contribution in [-0.4, -0.2) is 52.7 Å². The maximum Gasteiger partial charge on any atom is 0.257 e. The van der Waals surface area contributed by atoms with E-state index in [1.54, 1.807) is 0 Å². The van der Waals surface area contributed by atoms with Crippen molar-refractivity contribution in [3.63, 3.8) is 0 Å². The molecule has 1 atom stereocenters. The summed E-state index contributed by atoms with van der Waals surface area (Å²) in [5.74, 6) is -2.31. The van der Waals surface area contributed by atoms with Crippen molar-refractivity contribution in [3.8, 4) is 0 Å². The van der Waals surface area contributed by atoms with E-state index in [-0.39, 0.29) is 23.7 Å². The first-order valence-corrected chi connectivity index (χ1v) is 12.4. The molecule has 5 rings (SSSR count). The molecule has 37 heavy (non-hydrogen) atoms. The highest BCUT2D eigenvalue weighted by atomic mass is 19.1. The van der Waals surface area contributed by atoms with Crippen LogP contribution < -0.4 is 4.90 Å². The molecule has 190 valence electrons. The smallest absolute Gasteiger partial charge is 0.257 e. The van der Waals surface area contributed by atoms with Gasteiger partial charge in [-0.25, -0.2) is 13.7 Å². The third-order valence-electron chi connectivity index (χ3n) is 7.07. The molecule has 6 nitrogen and oxygen atoms in total. The molecule has 0 spiro atoms. The van der Waals surface area contributed by atoms with Gasteiger partial charge in [0, 0.05) is 31.2 Å². The average molecular weight is 504 g/mol. The molecule has 0 N–H and O–H groups in total. The minimum Gasteiger partial charge on any atom is -0.323 e. The molecule has 0 saturated carbocycles. The van der Waals surface area contributed by atoms with Gasteiger partial charge in [-0.2, -0.15) is 0 Å². The quantitative estimate of drug-likeness (QED) is 0.468. The van der Waals surface area contributed by atoms with Crippen molar-refractivity contribution in [1.29, 1.82) is 0 Å². The molecule has 3 aromatic carbocycles. The van der Waals surface area contributed by atoms with Crippen LogP contribution in [0.25, 0.3) is 0 Å². The summed E-state index contributed by atoms with van der Waals surface area (Å²) in [7, 11) is 0. The topological polar surface area (TPSA) is 60.9 Å². The van der Waals surface area contributed by atoms with Crippen LogP contribution in [-0.2, 0) is 16.1 Å². The SMILES string of the molecule is O=C1CC(N(C(=O)c2ccc(F)cc2)C2CCN(Cc3ccccc3)CC2)C(=O)N1c1ccc(F)cc1. The van der Waals surface area contributed by atoms with Crippen LogP contribution in [0.3, 0.4) is 0 Å². The van der Waals surface area contributed by atoms with Gasteiger partial charge in [-0.3, -0.25) is 19.3 Å². The number of rotatable bonds is 6. The molecule has 0 radical (unpaired) electrons. The fraction of sp³-hybridized carbons (Fsp3) is 0.276. The lowest BCUT2D eigenvalue weighted by Gasteiger charge is -2.40. The van der Waals surface area contributed by atoms with Gasteiger partial charge in [0.15, 0.2) is 0 Å². The number of hydrogen-bond acceptors (Lipinski definition) is 4. The lowest BCUT2D eigenvalue weighted by Crippen LogP contribution is -2.54. The van der Waals surface area contributed by atoms with E-state index in [0.717, 1.165) is 24.5 Å². The van der Waals surface area contributed by atoms with Crippen LogP contribution in [0.15, 0.2) is 78.9 Å². The Morgan fingerprint density at radius 1 is 0.838 bits per heavy atom. The van der Waals surface area contributed by atoms with E-state index >= 15 is 0 Å². The van der Waals surface area contributed by atoms with Crippen LogP contribution in [0.2, 0.25) is 0 Å². The van der Waals surface area contributed by atoms with Crippen LogP contribution in [0, 0.1) is 11.6 Å². The molecular weight excluding hydrogens is 476 g/mol.